The van der Waals surface area contributed by atoms with Crippen LogP contribution in [0.2, 0.25) is 18.6 Å². The van der Waals surface area contributed by atoms with Crippen LogP contribution in [0.15, 0.2) is 29.9 Å². The van der Waals surface area contributed by atoms with Crippen LogP contribution in [-0.2, 0) is 16.2 Å². The van der Waals surface area contributed by atoms with Crippen molar-refractivity contribution in [2.45, 2.75) is 271 Å². The molecule has 2 heteroatoms. The van der Waals surface area contributed by atoms with E-state index in [2.05, 4.69) is 139 Å². The molecule has 0 saturated heterocycles. The van der Waals surface area contributed by atoms with Gasteiger partial charge in [-0.3, -0.25) is 0 Å². The molecule has 0 aromatic heterocycles. The van der Waals surface area contributed by atoms with Crippen molar-refractivity contribution < 1.29 is 0 Å². The first-order valence-corrected chi connectivity index (χ1v) is 28.5. The molecule has 0 heterocycles. The van der Waals surface area contributed by atoms with E-state index in [-0.39, 0.29) is 27.3 Å². The topological polar surface area (TPSA) is 3.24 Å². The van der Waals surface area contributed by atoms with Gasteiger partial charge in [-0.1, -0.05) is 196 Å². The molecule has 1 saturated carbocycles. The molecule has 5 rings (SSSR count). The summed E-state index contributed by atoms with van der Waals surface area (Å²) in [7, 11) is -1.95. The van der Waals surface area contributed by atoms with E-state index in [9.17, 15) is 0 Å². The van der Waals surface area contributed by atoms with Gasteiger partial charge >= 0.3 is 0 Å². The van der Waals surface area contributed by atoms with E-state index in [4.69, 9.17) is 0 Å². The van der Waals surface area contributed by atoms with Crippen LogP contribution < -0.4 is 0 Å². The van der Waals surface area contributed by atoms with Gasteiger partial charge in [-0.05, 0) is 141 Å². The van der Waals surface area contributed by atoms with Crippen molar-refractivity contribution in [3.63, 3.8) is 0 Å². The lowest BCUT2D eigenvalue weighted by Gasteiger charge is -2.57. The van der Waals surface area contributed by atoms with E-state index >= 15 is 0 Å². The van der Waals surface area contributed by atoms with Gasteiger partial charge in [-0.15, -0.1) is 0 Å². The monoisotopic (exact) mass is 812 g/mol. The maximum Gasteiger partial charge on any atom is 0.127 e. The minimum absolute atomic E-state index is 0.135. The summed E-state index contributed by atoms with van der Waals surface area (Å²) in [6, 6.07) is 5.67. The van der Waals surface area contributed by atoms with Gasteiger partial charge in [0.25, 0.3) is 0 Å². The smallest absolute Gasteiger partial charge is 0.127 e. The third-order valence-corrected chi connectivity index (χ3v) is 21.9. The molecule has 5 unspecified atom stereocenters. The Bertz CT molecular complexity index is 1540. The van der Waals surface area contributed by atoms with Gasteiger partial charge in [-0.25, -0.2) is 0 Å². The first-order valence-electron chi connectivity index (χ1n) is 25.5. The van der Waals surface area contributed by atoms with Crippen molar-refractivity contribution in [1.82, 2.24) is 4.57 Å². The van der Waals surface area contributed by atoms with Crippen molar-refractivity contribution >= 4 is 13.8 Å². The average molecular weight is 812 g/mol. The second-order valence-electron chi connectivity index (χ2n) is 24.6. The Labute approximate surface area is 363 Å². The van der Waals surface area contributed by atoms with Crippen LogP contribution in [-0.4, -0.2) is 23.9 Å². The van der Waals surface area contributed by atoms with Crippen molar-refractivity contribution in [2.75, 3.05) is 0 Å². The molecule has 0 bridgehead atoms. The van der Waals surface area contributed by atoms with Crippen LogP contribution in [0.5, 0.6) is 0 Å². The molecule has 0 amide bonds. The van der Waals surface area contributed by atoms with Gasteiger partial charge in [0.05, 0.1) is 0 Å². The number of benzene rings is 1. The van der Waals surface area contributed by atoms with Gasteiger partial charge < -0.3 is 4.57 Å². The first-order chi connectivity index (χ1) is 27.1. The van der Waals surface area contributed by atoms with E-state index < -0.39 is 8.24 Å². The second-order valence-corrected chi connectivity index (χ2v) is 29.1. The lowest BCUT2D eigenvalue weighted by atomic mass is 9.61. The fourth-order valence-electron chi connectivity index (χ4n) is 14.5. The Hall–Kier alpha value is -1.12. The lowest BCUT2D eigenvalue weighted by molar-refractivity contribution is 0.121. The highest BCUT2D eigenvalue weighted by Crippen LogP contribution is 2.65. The van der Waals surface area contributed by atoms with Crippen LogP contribution in [0.1, 0.15) is 248 Å². The molecule has 5 atom stereocenters. The third kappa shape index (κ3) is 9.74. The van der Waals surface area contributed by atoms with E-state index in [1.54, 1.807) is 33.4 Å². The maximum absolute atomic E-state index is 3.04. The number of unbranched alkanes of at least 4 members (excludes halogenated alkanes) is 14. The van der Waals surface area contributed by atoms with Crippen LogP contribution in [0.3, 0.4) is 0 Å². The summed E-state index contributed by atoms with van der Waals surface area (Å²) < 4.78 is 3.04. The Morgan fingerprint density at radius 2 is 1.00 bits per heavy atom. The van der Waals surface area contributed by atoms with Crippen molar-refractivity contribution in [3.8, 4) is 0 Å². The molecule has 1 nitrogen and oxygen atoms in total. The molecule has 1 aromatic carbocycles. The molecule has 0 spiro atoms. The molecule has 0 aliphatic heterocycles. The highest BCUT2D eigenvalue weighted by atomic mass is 28.3. The minimum atomic E-state index is -1.95. The summed E-state index contributed by atoms with van der Waals surface area (Å²) in [5, 5.41) is 0. The number of allylic oxidation sites excluding steroid dienone is 4. The van der Waals surface area contributed by atoms with Crippen LogP contribution in [0.4, 0.5) is 0 Å². The zero-order valence-corrected chi connectivity index (χ0v) is 42.8. The summed E-state index contributed by atoms with van der Waals surface area (Å²) in [6.07, 6.45) is 33.6. The van der Waals surface area contributed by atoms with Gasteiger partial charge in [0.15, 0.2) is 0 Å². The molecule has 0 radical (unpaired) electrons. The maximum atomic E-state index is 3.04. The highest BCUT2D eigenvalue weighted by molar-refractivity contribution is 6.76. The quantitative estimate of drug-likeness (QED) is 0.0936. The van der Waals surface area contributed by atoms with Gasteiger partial charge in [0.2, 0.25) is 0 Å². The van der Waals surface area contributed by atoms with Gasteiger partial charge in [-0.2, -0.15) is 0 Å². The van der Waals surface area contributed by atoms with Gasteiger partial charge in [0, 0.05) is 16.5 Å². The zero-order chi connectivity index (χ0) is 42.9. The normalized spacial score (nSPS) is 25.9. The molecule has 4 aliphatic rings. The minimum Gasteiger partial charge on any atom is -0.314 e. The number of hydrogen-bond acceptors (Lipinski definition) is 1. The van der Waals surface area contributed by atoms with E-state index in [0.29, 0.717) is 23.7 Å². The second kappa shape index (κ2) is 18.7. The average Bonchev–Trinajstić information content (AvgIpc) is 3.52. The fraction of sp³-hybridized carbons (Fsp3) is 0.821. The third-order valence-electron chi connectivity index (χ3n) is 16.8. The fourth-order valence-corrected chi connectivity index (χ4v) is 21.1. The molecule has 1 fully saturated rings. The van der Waals surface area contributed by atoms with E-state index in [1.807, 2.05) is 0 Å². The number of nitrogens with zero attached hydrogens (tertiary/aromatic N) is 1. The Balaban J connectivity index is 1.63. The highest BCUT2D eigenvalue weighted by Gasteiger charge is 2.59. The molecular formula is C56H97NSi. The van der Waals surface area contributed by atoms with Crippen molar-refractivity contribution in [2.24, 2.45) is 23.7 Å². The predicted molar refractivity (Wildman–Crippen MR) is 262 cm³/mol. The molecule has 330 valence electrons. The molecule has 1 aromatic rings. The number of hydrogen-bond donors (Lipinski definition) is 0. The summed E-state index contributed by atoms with van der Waals surface area (Å²) >= 11 is 0. The summed E-state index contributed by atoms with van der Waals surface area (Å²) in [4.78, 5) is 0. The first kappa shape index (κ1) is 47.9. The van der Waals surface area contributed by atoms with Crippen molar-refractivity contribution in [1.29, 1.82) is 0 Å². The predicted octanol–water partition coefficient (Wildman–Crippen LogP) is 17.7. The number of rotatable bonds is 20. The lowest BCUT2D eigenvalue weighted by Crippen LogP contribution is -2.67. The molecular weight excluding hydrogens is 715 g/mol. The van der Waals surface area contributed by atoms with Crippen LogP contribution >= 0.6 is 0 Å². The molecule has 0 N–H and O–H groups in total. The summed E-state index contributed by atoms with van der Waals surface area (Å²) in [5.74, 6) is 2.68. The Morgan fingerprint density at radius 3 is 1.45 bits per heavy atom. The Kier molecular flexibility index (Phi) is 15.4. The summed E-state index contributed by atoms with van der Waals surface area (Å²) in [5.41, 5.74) is 11.8. The van der Waals surface area contributed by atoms with Crippen LogP contribution in [0, 0.1) is 23.7 Å². The SMILES string of the molecule is CCCCCCCCCCC1(CCCCCCCCCC)C2=CC3C(C)C(C)C([Si](C)(C)N(C(C)(C)C)C(C)(C)C)C3C=C2c2cc3c(cc21)C(C)(C)CCC3(C)C. The van der Waals surface area contributed by atoms with Crippen LogP contribution in [0.25, 0.3) is 5.57 Å². The van der Waals surface area contributed by atoms with Gasteiger partial charge in [0.1, 0.15) is 8.24 Å². The molecule has 4 aliphatic carbocycles. The standard InChI is InChI=1S/C56H97NSi/c1-17-19-21-23-25-27-29-31-33-56(34-32-30-28-26-24-22-20-18-2)47-38-43-41(3)42(4)51(58(15,16)57(52(5,6)7)53(8,9)10)46(43)37-44(47)45-39-49-50(40-48(45)56)55(13,14)36-35-54(49,11)12/h37-43,46,51H,17-36H2,1-16H3. The Morgan fingerprint density at radius 1 is 0.569 bits per heavy atom. The van der Waals surface area contributed by atoms with E-state index in [1.165, 1.54) is 128 Å². The largest absolute Gasteiger partial charge is 0.314 e. The number of fused-ring (bicyclic) bond motifs is 5. The summed E-state index contributed by atoms with van der Waals surface area (Å²) in [6.45, 7) is 40.7. The zero-order valence-electron chi connectivity index (χ0n) is 41.8. The van der Waals surface area contributed by atoms with Crippen molar-refractivity contribution in [3.05, 3.63) is 52.1 Å². The van der Waals surface area contributed by atoms with E-state index in [0.717, 1.165) is 5.54 Å². The molecule has 58 heavy (non-hydrogen) atoms.